The van der Waals surface area contributed by atoms with Gasteiger partial charge in [-0.1, -0.05) is 6.92 Å². The maximum Gasteiger partial charge on any atom is 0.112 e. The Bertz CT molecular complexity index is 283. The number of hydrogen-bond donors (Lipinski definition) is 1. The Morgan fingerprint density at radius 3 is 2.29 bits per heavy atom. The number of rotatable bonds is 3. The zero-order valence-corrected chi connectivity index (χ0v) is 10.1. The van der Waals surface area contributed by atoms with Gasteiger partial charge in [0.2, 0.25) is 0 Å². The van der Waals surface area contributed by atoms with E-state index in [1.54, 1.807) is 0 Å². The van der Waals surface area contributed by atoms with Gasteiger partial charge in [-0.15, -0.1) is 0 Å². The summed E-state index contributed by atoms with van der Waals surface area (Å²) in [7, 11) is -1.15. The van der Waals surface area contributed by atoms with Gasteiger partial charge in [0.25, 0.3) is 0 Å². The highest BCUT2D eigenvalue weighted by molar-refractivity contribution is 7.84. The van der Waals surface area contributed by atoms with Crippen molar-refractivity contribution in [2.75, 3.05) is 0 Å². The third-order valence-corrected chi connectivity index (χ3v) is 4.21. The summed E-state index contributed by atoms with van der Waals surface area (Å²) in [6.45, 7) is 7.77. The molecule has 0 aliphatic heterocycles. The first kappa shape index (κ1) is 11.7. The lowest BCUT2D eigenvalue weighted by molar-refractivity contribution is 0.477. The predicted octanol–water partition coefficient (Wildman–Crippen LogP) is 1.73. The summed E-state index contributed by atoms with van der Waals surface area (Å²) in [6.07, 6.45) is 2.11. The van der Waals surface area contributed by atoms with Crippen LogP contribution >= 0.6 is 0 Å². The first-order valence-corrected chi connectivity index (χ1v) is 6.02. The molecule has 1 N–H and O–H groups in total. The Morgan fingerprint density at radius 2 is 2.00 bits per heavy atom. The number of nitrogens with zero attached hydrogens (tertiary/aromatic N) is 1. The van der Waals surface area contributed by atoms with Crippen LogP contribution in [0, 0.1) is 16.7 Å². The molecule has 1 aliphatic rings. The molecule has 0 amide bonds. The summed E-state index contributed by atoms with van der Waals surface area (Å²) in [4.78, 5) is 0. The molecule has 0 aromatic heterocycles. The minimum atomic E-state index is -1.15. The third kappa shape index (κ3) is 2.55. The highest BCUT2D eigenvalue weighted by atomic mass is 32.2. The van der Waals surface area contributed by atoms with Gasteiger partial charge in [0, 0.05) is 0 Å². The van der Waals surface area contributed by atoms with Crippen molar-refractivity contribution < 1.29 is 4.21 Å². The fourth-order valence-corrected chi connectivity index (χ4v) is 2.00. The summed E-state index contributed by atoms with van der Waals surface area (Å²) in [6, 6.07) is 1.93. The molecule has 4 heteroatoms. The van der Waals surface area contributed by atoms with E-state index in [2.05, 4.69) is 17.7 Å². The summed E-state index contributed by atoms with van der Waals surface area (Å²) in [5.74, 6) is 0. The monoisotopic (exact) mass is 214 g/mol. The summed E-state index contributed by atoms with van der Waals surface area (Å²) in [5.41, 5.74) is 0.0513. The zero-order chi connectivity index (χ0) is 11.0. The van der Waals surface area contributed by atoms with Crippen LogP contribution in [0.3, 0.4) is 0 Å². The van der Waals surface area contributed by atoms with Crippen LogP contribution in [-0.2, 0) is 11.0 Å². The molecule has 0 aromatic rings. The van der Waals surface area contributed by atoms with Crippen molar-refractivity contribution in [2.45, 2.75) is 51.3 Å². The van der Waals surface area contributed by atoms with E-state index in [1.807, 2.05) is 20.8 Å². The molecule has 0 spiro atoms. The van der Waals surface area contributed by atoms with Crippen molar-refractivity contribution >= 4 is 11.0 Å². The van der Waals surface area contributed by atoms with Crippen LogP contribution in [0.15, 0.2) is 0 Å². The third-order valence-electron chi connectivity index (χ3n) is 2.65. The maximum absolute atomic E-state index is 11.8. The van der Waals surface area contributed by atoms with Gasteiger partial charge in [-0.2, -0.15) is 5.26 Å². The van der Waals surface area contributed by atoms with Crippen LogP contribution in [0.2, 0.25) is 0 Å². The van der Waals surface area contributed by atoms with Gasteiger partial charge in [0.1, 0.15) is 6.04 Å². The van der Waals surface area contributed by atoms with Gasteiger partial charge < -0.3 is 0 Å². The quantitative estimate of drug-likeness (QED) is 0.778. The van der Waals surface area contributed by atoms with E-state index in [0.717, 1.165) is 12.8 Å². The van der Waals surface area contributed by atoms with Gasteiger partial charge in [-0.3, -0.25) is 0 Å². The van der Waals surface area contributed by atoms with Gasteiger partial charge in [0.15, 0.2) is 0 Å². The zero-order valence-electron chi connectivity index (χ0n) is 9.26. The Labute approximate surface area is 88.5 Å². The molecule has 0 bridgehead atoms. The van der Waals surface area contributed by atoms with E-state index in [4.69, 9.17) is 5.26 Å². The van der Waals surface area contributed by atoms with E-state index in [-0.39, 0.29) is 16.2 Å². The molecule has 1 aliphatic carbocycles. The fraction of sp³-hybridized carbons (Fsp3) is 0.900. The topological polar surface area (TPSA) is 52.9 Å². The van der Waals surface area contributed by atoms with E-state index in [9.17, 15) is 4.21 Å². The lowest BCUT2D eigenvalue weighted by atomic mass is 10.0. The van der Waals surface area contributed by atoms with Gasteiger partial charge in [-0.05, 0) is 39.0 Å². The Morgan fingerprint density at radius 1 is 1.50 bits per heavy atom. The Kier molecular flexibility index (Phi) is 3.03. The number of nitriles is 1. The SMILES string of the molecule is CC1([C@@H](C#N)N[S@@](=O)C(C)(C)C)CC1. The highest BCUT2D eigenvalue weighted by Crippen LogP contribution is 2.48. The minimum absolute atomic E-state index is 0.0513. The maximum atomic E-state index is 11.8. The van der Waals surface area contributed by atoms with Crippen molar-refractivity contribution in [1.82, 2.24) is 4.72 Å². The second-order valence-corrected chi connectivity index (χ2v) is 7.21. The number of nitrogens with one attached hydrogen (secondary N) is 1. The second-order valence-electron chi connectivity index (χ2n) is 5.22. The lowest BCUT2D eigenvalue weighted by Gasteiger charge is -2.23. The Balaban J connectivity index is 2.59. The second kappa shape index (κ2) is 3.63. The summed E-state index contributed by atoms with van der Waals surface area (Å²) in [5, 5.41) is 8.97. The molecule has 14 heavy (non-hydrogen) atoms. The van der Waals surface area contributed by atoms with Gasteiger partial charge in [0.05, 0.1) is 21.8 Å². The average Bonchev–Trinajstić information content (AvgIpc) is 2.78. The molecule has 0 radical (unpaired) electrons. The molecule has 80 valence electrons. The molecular weight excluding hydrogens is 196 g/mol. The van der Waals surface area contributed by atoms with Crippen LogP contribution in [0.1, 0.15) is 40.5 Å². The summed E-state index contributed by atoms with van der Waals surface area (Å²) < 4.78 is 14.4. The minimum Gasteiger partial charge on any atom is -0.242 e. The molecule has 1 saturated carbocycles. The fourth-order valence-electron chi connectivity index (χ4n) is 1.09. The molecule has 1 fully saturated rings. The normalized spacial score (nSPS) is 23.6. The number of hydrogen-bond acceptors (Lipinski definition) is 2. The average molecular weight is 214 g/mol. The van der Waals surface area contributed by atoms with Crippen LogP contribution in [0.25, 0.3) is 0 Å². The van der Waals surface area contributed by atoms with Gasteiger partial charge >= 0.3 is 0 Å². The van der Waals surface area contributed by atoms with Crippen LogP contribution in [-0.4, -0.2) is 15.0 Å². The lowest BCUT2D eigenvalue weighted by Crippen LogP contribution is -2.42. The first-order valence-electron chi connectivity index (χ1n) is 4.87. The van der Waals surface area contributed by atoms with Crippen molar-refractivity contribution in [3.63, 3.8) is 0 Å². The largest absolute Gasteiger partial charge is 0.242 e. The van der Waals surface area contributed by atoms with E-state index in [1.165, 1.54) is 0 Å². The van der Waals surface area contributed by atoms with Crippen molar-refractivity contribution in [2.24, 2.45) is 5.41 Å². The predicted molar refractivity (Wildman–Crippen MR) is 57.8 cm³/mol. The molecule has 1 rings (SSSR count). The van der Waals surface area contributed by atoms with Crippen LogP contribution in [0.5, 0.6) is 0 Å². The van der Waals surface area contributed by atoms with E-state index in [0.29, 0.717) is 0 Å². The van der Waals surface area contributed by atoms with E-state index >= 15 is 0 Å². The van der Waals surface area contributed by atoms with Crippen LogP contribution < -0.4 is 4.72 Å². The van der Waals surface area contributed by atoms with Crippen LogP contribution in [0.4, 0.5) is 0 Å². The highest BCUT2D eigenvalue weighted by Gasteiger charge is 2.46. The molecule has 0 aromatic carbocycles. The van der Waals surface area contributed by atoms with Crippen molar-refractivity contribution in [3.8, 4) is 6.07 Å². The van der Waals surface area contributed by atoms with Crippen molar-refractivity contribution in [3.05, 3.63) is 0 Å². The molecular formula is C10H18N2OS. The Hall–Kier alpha value is -0.400. The molecule has 2 atom stereocenters. The molecule has 0 saturated heterocycles. The first-order chi connectivity index (χ1) is 6.29. The van der Waals surface area contributed by atoms with Gasteiger partial charge in [-0.25, -0.2) is 8.93 Å². The molecule has 0 unspecified atom stereocenters. The standard InChI is InChI=1S/C10H18N2OS/c1-9(2,3)14(13)12-8(7-11)10(4)5-6-10/h8,12H,5-6H2,1-4H3/t8-,14+/m1/s1. The molecule has 0 heterocycles. The van der Waals surface area contributed by atoms with E-state index < -0.39 is 11.0 Å². The summed E-state index contributed by atoms with van der Waals surface area (Å²) >= 11 is 0. The molecule has 3 nitrogen and oxygen atoms in total. The smallest absolute Gasteiger partial charge is 0.112 e. The van der Waals surface area contributed by atoms with Crippen molar-refractivity contribution in [1.29, 1.82) is 5.26 Å².